The lowest BCUT2D eigenvalue weighted by Crippen LogP contribution is -2.63. The summed E-state index contributed by atoms with van der Waals surface area (Å²) < 4.78 is 6.23. The fourth-order valence-electron chi connectivity index (χ4n) is 4.86. The number of hydrogen-bond acceptors (Lipinski definition) is 4. The fourth-order valence-corrected chi connectivity index (χ4v) is 4.86. The molecule has 3 fully saturated rings. The van der Waals surface area contributed by atoms with Crippen LogP contribution in [-0.2, 0) is 4.74 Å². The van der Waals surface area contributed by atoms with E-state index in [1.54, 1.807) is 0 Å². The highest BCUT2D eigenvalue weighted by Crippen LogP contribution is 2.40. The van der Waals surface area contributed by atoms with Crippen LogP contribution in [0.25, 0.3) is 0 Å². The number of likely N-dealkylation sites (N-methyl/N-ethyl adjacent to an activating group) is 1. The summed E-state index contributed by atoms with van der Waals surface area (Å²) in [6.45, 7) is 4.74. The van der Waals surface area contributed by atoms with Crippen LogP contribution in [0.4, 0.5) is 0 Å². The molecule has 128 valence electrons. The number of ether oxygens (including phenoxy) is 1. The normalized spacial score (nSPS) is 37.8. The highest BCUT2D eigenvalue weighted by molar-refractivity contribution is 5.02. The first kappa shape index (κ1) is 16.7. The summed E-state index contributed by atoms with van der Waals surface area (Å²) >= 11 is 0. The van der Waals surface area contributed by atoms with Crippen LogP contribution in [0.1, 0.15) is 58.3 Å². The van der Waals surface area contributed by atoms with Gasteiger partial charge in [0.1, 0.15) is 5.60 Å². The third-order valence-electron chi connectivity index (χ3n) is 6.38. The molecule has 0 aromatic rings. The van der Waals surface area contributed by atoms with Gasteiger partial charge in [0.05, 0.1) is 12.2 Å². The standard InChI is InChI=1S/C18H34N2O2/c1-17(21)14-22-18(13-16(17)19(2)3)9-11-20(12-10-18)15-7-5-4-6-8-15/h15-16,21H,4-14H2,1-3H3/t16-,17-/m0/s1. The number of aliphatic hydroxyl groups is 1. The van der Waals surface area contributed by atoms with Crippen LogP contribution in [0, 0.1) is 0 Å². The van der Waals surface area contributed by atoms with Gasteiger partial charge in [-0.2, -0.15) is 0 Å². The molecule has 2 heterocycles. The Hall–Kier alpha value is -0.160. The van der Waals surface area contributed by atoms with Gasteiger partial charge in [-0.25, -0.2) is 0 Å². The summed E-state index contributed by atoms with van der Waals surface area (Å²) in [5.74, 6) is 0. The lowest BCUT2D eigenvalue weighted by atomic mass is 9.76. The molecule has 2 atom stereocenters. The van der Waals surface area contributed by atoms with Crippen molar-refractivity contribution < 1.29 is 9.84 Å². The van der Waals surface area contributed by atoms with E-state index in [0.29, 0.717) is 6.61 Å². The van der Waals surface area contributed by atoms with Crippen LogP contribution < -0.4 is 0 Å². The predicted molar refractivity (Wildman–Crippen MR) is 89.1 cm³/mol. The van der Waals surface area contributed by atoms with Crippen molar-refractivity contribution in [3.8, 4) is 0 Å². The van der Waals surface area contributed by atoms with Gasteiger partial charge < -0.3 is 19.6 Å². The molecule has 1 aliphatic carbocycles. The monoisotopic (exact) mass is 310 g/mol. The van der Waals surface area contributed by atoms with Crippen molar-refractivity contribution in [3.05, 3.63) is 0 Å². The maximum absolute atomic E-state index is 10.6. The summed E-state index contributed by atoms with van der Waals surface area (Å²) in [6, 6.07) is 1.02. The van der Waals surface area contributed by atoms with Gasteiger partial charge in [-0.3, -0.25) is 0 Å². The van der Waals surface area contributed by atoms with Gasteiger partial charge in [0.15, 0.2) is 0 Å². The lowest BCUT2D eigenvalue weighted by molar-refractivity contribution is -0.208. The Balaban J connectivity index is 1.60. The SMILES string of the molecule is CN(C)[C@H]1CC2(CCN(C3CCCCC3)CC2)OC[C@]1(C)O. The summed E-state index contributed by atoms with van der Waals surface area (Å²) in [6.07, 6.45) is 10.3. The molecule has 2 saturated heterocycles. The Labute approximate surface area is 135 Å². The first-order valence-corrected chi connectivity index (χ1v) is 9.19. The number of piperidine rings is 1. The molecule has 4 nitrogen and oxygen atoms in total. The average molecular weight is 310 g/mol. The summed E-state index contributed by atoms with van der Waals surface area (Å²) in [4.78, 5) is 4.89. The first-order chi connectivity index (χ1) is 10.4. The molecule has 0 bridgehead atoms. The Morgan fingerprint density at radius 3 is 2.32 bits per heavy atom. The van der Waals surface area contributed by atoms with Gasteiger partial charge >= 0.3 is 0 Å². The van der Waals surface area contributed by atoms with Crippen molar-refractivity contribution in [1.29, 1.82) is 0 Å². The highest BCUT2D eigenvalue weighted by atomic mass is 16.5. The van der Waals surface area contributed by atoms with Gasteiger partial charge in [-0.15, -0.1) is 0 Å². The van der Waals surface area contributed by atoms with Crippen molar-refractivity contribution in [3.63, 3.8) is 0 Å². The van der Waals surface area contributed by atoms with Crippen LogP contribution in [-0.4, -0.2) is 72.0 Å². The third kappa shape index (κ3) is 3.35. The van der Waals surface area contributed by atoms with E-state index in [4.69, 9.17) is 4.74 Å². The highest BCUT2D eigenvalue weighted by Gasteiger charge is 2.49. The quantitative estimate of drug-likeness (QED) is 0.849. The molecule has 3 rings (SSSR count). The Kier molecular flexibility index (Phi) is 4.84. The van der Waals surface area contributed by atoms with E-state index < -0.39 is 5.60 Å². The average Bonchev–Trinajstić information content (AvgIpc) is 2.51. The summed E-state index contributed by atoms with van der Waals surface area (Å²) in [5, 5.41) is 10.6. The van der Waals surface area contributed by atoms with Crippen LogP contribution in [0.2, 0.25) is 0 Å². The van der Waals surface area contributed by atoms with E-state index in [2.05, 4.69) is 23.9 Å². The molecule has 0 amide bonds. The molecule has 22 heavy (non-hydrogen) atoms. The molecule has 0 aromatic carbocycles. The predicted octanol–water partition coefficient (Wildman–Crippen LogP) is 2.26. The third-order valence-corrected chi connectivity index (χ3v) is 6.38. The van der Waals surface area contributed by atoms with E-state index in [-0.39, 0.29) is 11.6 Å². The van der Waals surface area contributed by atoms with Gasteiger partial charge in [-0.05, 0) is 53.1 Å². The zero-order chi connectivity index (χ0) is 15.8. The Bertz CT molecular complexity index is 369. The minimum atomic E-state index is -0.727. The lowest BCUT2D eigenvalue weighted by Gasteiger charge is -2.53. The van der Waals surface area contributed by atoms with E-state index >= 15 is 0 Å². The second-order valence-corrected chi connectivity index (χ2v) is 8.34. The van der Waals surface area contributed by atoms with Gasteiger partial charge in [0.25, 0.3) is 0 Å². The minimum Gasteiger partial charge on any atom is -0.386 e. The van der Waals surface area contributed by atoms with Crippen LogP contribution >= 0.6 is 0 Å². The van der Waals surface area contributed by atoms with Gasteiger partial charge in [0.2, 0.25) is 0 Å². The first-order valence-electron chi connectivity index (χ1n) is 9.19. The van der Waals surface area contributed by atoms with Crippen LogP contribution in [0.3, 0.4) is 0 Å². The molecule has 0 unspecified atom stereocenters. The topological polar surface area (TPSA) is 35.9 Å². The van der Waals surface area contributed by atoms with Crippen molar-refractivity contribution in [2.45, 2.75) is 81.6 Å². The van der Waals surface area contributed by atoms with Gasteiger partial charge in [-0.1, -0.05) is 19.3 Å². The smallest absolute Gasteiger partial charge is 0.101 e. The minimum absolute atomic E-state index is 0.00232. The second kappa shape index (κ2) is 6.39. The molecular weight excluding hydrogens is 276 g/mol. The number of hydrogen-bond donors (Lipinski definition) is 1. The van der Waals surface area contributed by atoms with E-state index in [1.165, 1.54) is 45.2 Å². The zero-order valence-electron chi connectivity index (χ0n) is 14.7. The molecule has 4 heteroatoms. The number of nitrogens with zero attached hydrogens (tertiary/aromatic N) is 2. The Morgan fingerprint density at radius 1 is 1.09 bits per heavy atom. The molecule has 3 aliphatic rings. The number of likely N-dealkylation sites (tertiary alicyclic amines) is 1. The zero-order valence-corrected chi connectivity index (χ0v) is 14.7. The molecule has 1 N–H and O–H groups in total. The number of rotatable bonds is 2. The van der Waals surface area contributed by atoms with Crippen molar-refractivity contribution in [1.82, 2.24) is 9.80 Å². The van der Waals surface area contributed by atoms with E-state index in [1.807, 2.05) is 6.92 Å². The van der Waals surface area contributed by atoms with E-state index in [9.17, 15) is 5.11 Å². The summed E-state index contributed by atoms with van der Waals surface area (Å²) in [7, 11) is 4.16. The van der Waals surface area contributed by atoms with Crippen molar-refractivity contribution in [2.24, 2.45) is 0 Å². The maximum atomic E-state index is 10.6. The van der Waals surface area contributed by atoms with E-state index in [0.717, 1.165) is 25.3 Å². The molecule has 0 aromatic heterocycles. The maximum Gasteiger partial charge on any atom is 0.101 e. The summed E-state index contributed by atoms with van der Waals surface area (Å²) in [5.41, 5.74) is -0.725. The molecule has 1 saturated carbocycles. The second-order valence-electron chi connectivity index (χ2n) is 8.34. The molecular formula is C18H34N2O2. The van der Waals surface area contributed by atoms with Crippen molar-refractivity contribution >= 4 is 0 Å². The van der Waals surface area contributed by atoms with Crippen molar-refractivity contribution in [2.75, 3.05) is 33.8 Å². The Morgan fingerprint density at radius 2 is 1.73 bits per heavy atom. The van der Waals surface area contributed by atoms with Crippen LogP contribution in [0.5, 0.6) is 0 Å². The van der Waals surface area contributed by atoms with Crippen LogP contribution in [0.15, 0.2) is 0 Å². The largest absolute Gasteiger partial charge is 0.386 e. The fraction of sp³-hybridized carbons (Fsp3) is 1.00. The molecule has 1 spiro atoms. The molecule has 0 radical (unpaired) electrons. The van der Waals surface area contributed by atoms with Gasteiger partial charge in [0, 0.05) is 25.2 Å². The molecule has 2 aliphatic heterocycles.